The number of para-hydroxylation sites is 1. The third-order valence-electron chi connectivity index (χ3n) is 2.85. The molecule has 0 fully saturated rings. The average molecular weight is 303 g/mol. The summed E-state index contributed by atoms with van der Waals surface area (Å²) in [6.45, 7) is 1.36. The Balaban J connectivity index is 2.44. The van der Waals surface area contributed by atoms with Crippen molar-refractivity contribution in [3.8, 4) is 11.5 Å². The van der Waals surface area contributed by atoms with Gasteiger partial charge in [-0.05, 0) is 37.4 Å². The van der Waals surface area contributed by atoms with Crippen molar-refractivity contribution < 1.29 is 14.5 Å². The number of carbonyl (C=O) groups excluding carboxylic acids is 1. The lowest BCUT2D eigenvalue weighted by Gasteiger charge is -2.10. The molecule has 0 atom stereocenters. The first kappa shape index (κ1) is 15.1. The molecule has 0 bridgehead atoms. The van der Waals surface area contributed by atoms with E-state index in [0.29, 0.717) is 5.75 Å². The number of nitro groups is 1. The van der Waals surface area contributed by atoms with Crippen molar-refractivity contribution in [2.24, 2.45) is 0 Å². The topological polar surface area (TPSA) is 69.4 Å². The molecule has 6 heteroatoms. The van der Waals surface area contributed by atoms with Gasteiger partial charge < -0.3 is 4.74 Å². The first-order valence-corrected chi connectivity index (χ1v) is 7.35. The van der Waals surface area contributed by atoms with Crippen molar-refractivity contribution in [2.45, 2.75) is 11.8 Å². The normalized spacial score (nSPS) is 10.2. The van der Waals surface area contributed by atoms with E-state index in [9.17, 15) is 14.9 Å². The number of hydrogen-bond acceptors (Lipinski definition) is 5. The smallest absolute Gasteiger partial charge is 0.312 e. The second kappa shape index (κ2) is 6.41. The molecule has 21 heavy (non-hydrogen) atoms. The van der Waals surface area contributed by atoms with Crippen LogP contribution in [0.4, 0.5) is 5.69 Å². The van der Waals surface area contributed by atoms with Crippen LogP contribution in [0, 0.1) is 10.1 Å². The van der Waals surface area contributed by atoms with Crippen LogP contribution in [-0.2, 0) is 0 Å². The lowest BCUT2D eigenvalue weighted by atomic mass is 10.1. The highest BCUT2D eigenvalue weighted by Crippen LogP contribution is 2.36. The quantitative estimate of drug-likeness (QED) is 0.356. The Morgan fingerprint density at radius 1 is 1.19 bits per heavy atom. The molecule has 0 amide bonds. The number of hydrogen-bond donors (Lipinski definition) is 0. The summed E-state index contributed by atoms with van der Waals surface area (Å²) in [5.74, 6) is 0.435. The zero-order chi connectivity index (χ0) is 15.4. The van der Waals surface area contributed by atoms with Crippen LogP contribution < -0.4 is 4.74 Å². The minimum Gasteiger partial charge on any atom is -0.449 e. The molecule has 108 valence electrons. The number of carbonyl (C=O) groups is 1. The zero-order valence-corrected chi connectivity index (χ0v) is 12.3. The van der Waals surface area contributed by atoms with Gasteiger partial charge in [-0.3, -0.25) is 14.9 Å². The first-order chi connectivity index (χ1) is 10.0. The standard InChI is InChI=1S/C15H13NO4S/c1-10(17)11-7-8-13(12(9-11)16(18)19)20-14-5-3-4-6-15(14)21-2/h3-9H,1-2H3. The second-order valence-corrected chi connectivity index (χ2v) is 5.10. The van der Waals surface area contributed by atoms with E-state index < -0.39 is 4.92 Å². The third kappa shape index (κ3) is 3.41. The molecule has 2 aromatic rings. The van der Waals surface area contributed by atoms with Crippen molar-refractivity contribution >= 4 is 23.2 Å². The molecular formula is C15H13NO4S. The van der Waals surface area contributed by atoms with Crippen molar-refractivity contribution in [2.75, 3.05) is 6.26 Å². The summed E-state index contributed by atoms with van der Waals surface area (Å²) < 4.78 is 5.65. The van der Waals surface area contributed by atoms with Crippen LogP contribution in [0.15, 0.2) is 47.4 Å². The molecule has 0 radical (unpaired) electrons. The molecule has 0 N–H and O–H groups in total. The summed E-state index contributed by atoms with van der Waals surface area (Å²) in [6.07, 6.45) is 1.90. The maximum Gasteiger partial charge on any atom is 0.312 e. The molecule has 5 nitrogen and oxygen atoms in total. The molecule has 0 aromatic heterocycles. The molecule has 0 unspecified atom stereocenters. The molecule has 2 rings (SSSR count). The SMILES string of the molecule is CSc1ccccc1Oc1ccc(C(C)=O)cc1[N+](=O)[O-]. The largest absolute Gasteiger partial charge is 0.449 e. The summed E-state index contributed by atoms with van der Waals surface area (Å²) >= 11 is 1.49. The van der Waals surface area contributed by atoms with E-state index in [1.807, 2.05) is 18.4 Å². The molecule has 0 spiro atoms. The minimum absolute atomic E-state index is 0.117. The number of thioether (sulfide) groups is 1. The highest BCUT2D eigenvalue weighted by molar-refractivity contribution is 7.98. The fourth-order valence-corrected chi connectivity index (χ4v) is 2.31. The Bertz CT molecular complexity index is 700. The van der Waals surface area contributed by atoms with Gasteiger partial charge >= 0.3 is 5.69 Å². The molecule has 0 aliphatic heterocycles. The number of nitrogens with zero attached hydrogens (tertiary/aromatic N) is 1. The second-order valence-electron chi connectivity index (χ2n) is 4.25. The van der Waals surface area contributed by atoms with E-state index in [1.54, 1.807) is 12.1 Å². The third-order valence-corrected chi connectivity index (χ3v) is 3.63. The van der Waals surface area contributed by atoms with E-state index in [1.165, 1.54) is 36.9 Å². The van der Waals surface area contributed by atoms with Gasteiger partial charge in [0.1, 0.15) is 5.75 Å². The monoisotopic (exact) mass is 303 g/mol. The van der Waals surface area contributed by atoms with E-state index in [4.69, 9.17) is 4.74 Å². The minimum atomic E-state index is -0.552. The van der Waals surface area contributed by atoms with Gasteiger partial charge in [-0.2, -0.15) is 0 Å². The van der Waals surface area contributed by atoms with E-state index in [0.717, 1.165) is 4.90 Å². The number of rotatable bonds is 5. The van der Waals surface area contributed by atoms with Crippen LogP contribution in [0.25, 0.3) is 0 Å². The highest BCUT2D eigenvalue weighted by atomic mass is 32.2. The fraction of sp³-hybridized carbons (Fsp3) is 0.133. The highest BCUT2D eigenvalue weighted by Gasteiger charge is 2.19. The molecule has 0 aliphatic rings. The van der Waals surface area contributed by atoms with Gasteiger partial charge in [0.2, 0.25) is 5.75 Å². The van der Waals surface area contributed by atoms with Crippen LogP contribution in [-0.4, -0.2) is 17.0 Å². The van der Waals surface area contributed by atoms with Gasteiger partial charge in [-0.25, -0.2) is 0 Å². The Labute approximate surface area is 126 Å². The maximum absolute atomic E-state index is 11.3. The van der Waals surface area contributed by atoms with Crippen molar-refractivity contribution in [1.82, 2.24) is 0 Å². The van der Waals surface area contributed by atoms with Gasteiger partial charge in [0, 0.05) is 16.5 Å². The molecule has 0 saturated carbocycles. The summed E-state index contributed by atoms with van der Waals surface area (Å²) in [6, 6.07) is 11.5. The Morgan fingerprint density at radius 3 is 2.52 bits per heavy atom. The predicted octanol–water partition coefficient (Wildman–Crippen LogP) is 4.31. The Kier molecular flexibility index (Phi) is 4.59. The van der Waals surface area contributed by atoms with Gasteiger partial charge in [0.15, 0.2) is 5.78 Å². The fourth-order valence-electron chi connectivity index (χ4n) is 1.79. The van der Waals surface area contributed by atoms with Crippen LogP contribution in [0.5, 0.6) is 11.5 Å². The predicted molar refractivity (Wildman–Crippen MR) is 81.4 cm³/mol. The molecule has 0 saturated heterocycles. The summed E-state index contributed by atoms with van der Waals surface area (Å²) in [5.41, 5.74) is 0.0609. The van der Waals surface area contributed by atoms with E-state index >= 15 is 0 Å². The number of nitro benzene ring substituents is 1. The van der Waals surface area contributed by atoms with Crippen LogP contribution in [0.2, 0.25) is 0 Å². The van der Waals surface area contributed by atoms with E-state index in [-0.39, 0.29) is 22.8 Å². The lowest BCUT2D eigenvalue weighted by molar-refractivity contribution is -0.385. The Hall–Kier alpha value is -2.34. The first-order valence-electron chi connectivity index (χ1n) is 6.13. The van der Waals surface area contributed by atoms with Gasteiger partial charge in [0.05, 0.1) is 4.92 Å². The molecule has 0 aliphatic carbocycles. The summed E-state index contributed by atoms with van der Waals surface area (Å²) in [5, 5.41) is 11.2. The summed E-state index contributed by atoms with van der Waals surface area (Å²) in [7, 11) is 0. The summed E-state index contributed by atoms with van der Waals surface area (Å²) in [4.78, 5) is 22.8. The van der Waals surface area contributed by atoms with Crippen LogP contribution in [0.1, 0.15) is 17.3 Å². The van der Waals surface area contributed by atoms with Crippen molar-refractivity contribution in [3.05, 3.63) is 58.1 Å². The average Bonchev–Trinajstić information content (AvgIpc) is 2.47. The molecule has 2 aromatic carbocycles. The van der Waals surface area contributed by atoms with Gasteiger partial charge in [-0.15, -0.1) is 11.8 Å². The number of ether oxygens (including phenoxy) is 1. The van der Waals surface area contributed by atoms with Crippen molar-refractivity contribution in [3.63, 3.8) is 0 Å². The van der Waals surface area contributed by atoms with E-state index in [2.05, 4.69) is 0 Å². The Morgan fingerprint density at radius 2 is 1.90 bits per heavy atom. The maximum atomic E-state index is 11.3. The number of Topliss-reactive ketones (excluding diaryl/α,β-unsaturated/α-hetero) is 1. The van der Waals surface area contributed by atoms with Crippen LogP contribution >= 0.6 is 11.8 Å². The van der Waals surface area contributed by atoms with Gasteiger partial charge in [0.25, 0.3) is 0 Å². The lowest BCUT2D eigenvalue weighted by Crippen LogP contribution is -1.98. The number of benzene rings is 2. The molecular weight excluding hydrogens is 290 g/mol. The zero-order valence-electron chi connectivity index (χ0n) is 11.5. The van der Waals surface area contributed by atoms with Crippen LogP contribution in [0.3, 0.4) is 0 Å². The number of ketones is 1. The van der Waals surface area contributed by atoms with Crippen molar-refractivity contribution in [1.29, 1.82) is 0 Å². The molecule has 0 heterocycles. The van der Waals surface area contributed by atoms with Gasteiger partial charge in [-0.1, -0.05) is 12.1 Å².